The van der Waals surface area contributed by atoms with Crippen LogP contribution in [0, 0.1) is 0 Å². The van der Waals surface area contributed by atoms with Crippen molar-refractivity contribution in [2.75, 3.05) is 0 Å². The fraction of sp³-hybridized carbons (Fsp3) is 0.333. The second kappa shape index (κ2) is 4.21. The molecule has 0 heterocycles. The monoisotopic (exact) mass is 258 g/mol. The van der Waals surface area contributed by atoms with Gasteiger partial charge in [-0.15, -0.1) is 0 Å². The molecule has 1 aromatic rings. The maximum atomic E-state index is 12.7. The molecule has 1 atom stereocenters. The molecule has 1 rings (SSSR count). The van der Waals surface area contributed by atoms with Gasteiger partial charge in [0.2, 0.25) is 0 Å². The number of halogens is 5. The van der Waals surface area contributed by atoms with Gasteiger partial charge in [0, 0.05) is 10.0 Å². The molecule has 0 amide bonds. The molecule has 0 aromatic heterocycles. The Hall–Kier alpha value is -0.0500. The van der Waals surface area contributed by atoms with E-state index < -0.39 is 11.3 Å². The first kappa shape index (κ1) is 12.0. The molecule has 78 valence electrons. The van der Waals surface area contributed by atoms with Crippen molar-refractivity contribution in [2.24, 2.45) is 0 Å². The van der Waals surface area contributed by atoms with Crippen molar-refractivity contribution in [2.45, 2.75) is 18.2 Å². The molecular formula is C9H7Cl3F2. The van der Waals surface area contributed by atoms with Crippen molar-refractivity contribution in [1.82, 2.24) is 0 Å². The molecular weight excluding hydrogens is 252 g/mol. The molecule has 1 unspecified atom stereocenters. The first-order chi connectivity index (χ1) is 6.30. The molecule has 0 aliphatic carbocycles. The quantitative estimate of drug-likeness (QED) is 0.661. The summed E-state index contributed by atoms with van der Waals surface area (Å²) in [5.74, 6) is -1.12. The number of rotatable bonds is 2. The minimum Gasteiger partial charge on any atom is -0.188 e. The fourth-order valence-electron chi connectivity index (χ4n) is 1.01. The summed E-state index contributed by atoms with van der Waals surface area (Å²) >= 11 is 16.2. The van der Waals surface area contributed by atoms with E-state index in [2.05, 4.69) is 0 Å². The Morgan fingerprint density at radius 2 is 1.57 bits per heavy atom. The zero-order valence-corrected chi connectivity index (χ0v) is 9.47. The van der Waals surface area contributed by atoms with E-state index in [9.17, 15) is 8.78 Å². The fourth-order valence-corrected chi connectivity index (χ4v) is 1.68. The van der Waals surface area contributed by atoms with Crippen molar-refractivity contribution in [3.8, 4) is 0 Å². The molecule has 0 bridgehead atoms. The van der Waals surface area contributed by atoms with Crippen molar-refractivity contribution in [1.29, 1.82) is 0 Å². The van der Waals surface area contributed by atoms with Gasteiger partial charge in [0.25, 0.3) is 0 Å². The van der Waals surface area contributed by atoms with Gasteiger partial charge >= 0.3 is 5.38 Å². The Bertz CT molecular complexity index is 313. The van der Waals surface area contributed by atoms with Crippen molar-refractivity contribution >= 4 is 34.8 Å². The smallest absolute Gasteiger partial charge is 0.188 e. The van der Waals surface area contributed by atoms with E-state index in [-0.39, 0.29) is 0 Å². The Kier molecular flexibility index (Phi) is 3.62. The van der Waals surface area contributed by atoms with Gasteiger partial charge in [0.05, 0.1) is 5.92 Å². The van der Waals surface area contributed by atoms with Crippen LogP contribution in [0.1, 0.15) is 18.4 Å². The summed E-state index contributed by atoms with van der Waals surface area (Å²) in [4.78, 5) is 0. The summed E-state index contributed by atoms with van der Waals surface area (Å²) in [6.07, 6.45) is 0. The summed E-state index contributed by atoms with van der Waals surface area (Å²) in [5.41, 5.74) is 0.322. The second-order valence-electron chi connectivity index (χ2n) is 2.97. The number of hydrogen-bond donors (Lipinski definition) is 0. The average molecular weight is 260 g/mol. The normalized spacial score (nSPS) is 14.1. The maximum absolute atomic E-state index is 12.7. The van der Waals surface area contributed by atoms with E-state index >= 15 is 0 Å². The lowest BCUT2D eigenvalue weighted by Gasteiger charge is -2.17. The van der Waals surface area contributed by atoms with Gasteiger partial charge in [-0.3, -0.25) is 0 Å². The van der Waals surface area contributed by atoms with Crippen LogP contribution in [0.15, 0.2) is 18.2 Å². The van der Waals surface area contributed by atoms with Crippen LogP contribution < -0.4 is 0 Å². The van der Waals surface area contributed by atoms with Crippen LogP contribution in [-0.4, -0.2) is 5.38 Å². The van der Waals surface area contributed by atoms with E-state index in [1.54, 1.807) is 0 Å². The summed E-state index contributed by atoms with van der Waals surface area (Å²) in [6.45, 7) is 1.31. The summed E-state index contributed by atoms with van der Waals surface area (Å²) in [5, 5.41) is -2.66. The lowest BCUT2D eigenvalue weighted by Crippen LogP contribution is -2.16. The molecule has 14 heavy (non-hydrogen) atoms. The van der Waals surface area contributed by atoms with Crippen LogP contribution in [0.25, 0.3) is 0 Å². The minimum absolute atomic E-state index is 0.320. The molecule has 0 aliphatic heterocycles. The van der Waals surface area contributed by atoms with Gasteiger partial charge in [-0.25, -0.2) is 0 Å². The molecule has 0 fully saturated rings. The average Bonchev–Trinajstić information content (AvgIpc) is 1.99. The van der Waals surface area contributed by atoms with Crippen LogP contribution >= 0.6 is 34.8 Å². The molecule has 0 saturated heterocycles. The Balaban J connectivity index is 3.07. The summed E-state index contributed by atoms with van der Waals surface area (Å²) in [7, 11) is 0. The molecule has 0 radical (unpaired) electrons. The highest BCUT2D eigenvalue weighted by molar-refractivity contribution is 6.34. The van der Waals surface area contributed by atoms with Gasteiger partial charge in [0.1, 0.15) is 0 Å². The predicted octanol–water partition coefficient (Wildman–Crippen LogP) is 4.93. The largest absolute Gasteiger partial charge is 0.328 e. The van der Waals surface area contributed by atoms with Crippen molar-refractivity contribution < 1.29 is 8.78 Å². The van der Waals surface area contributed by atoms with E-state index in [0.717, 1.165) is 0 Å². The topological polar surface area (TPSA) is 0 Å². The third kappa shape index (κ3) is 2.97. The van der Waals surface area contributed by atoms with Gasteiger partial charge in [-0.2, -0.15) is 8.78 Å². The lowest BCUT2D eigenvalue weighted by molar-refractivity contribution is 0.0700. The highest BCUT2D eigenvalue weighted by Gasteiger charge is 2.34. The van der Waals surface area contributed by atoms with E-state index in [1.807, 2.05) is 0 Å². The number of alkyl halides is 3. The number of benzene rings is 1. The lowest BCUT2D eigenvalue weighted by atomic mass is 10.0. The summed E-state index contributed by atoms with van der Waals surface area (Å²) < 4.78 is 25.5. The predicted molar refractivity (Wildman–Crippen MR) is 55.7 cm³/mol. The van der Waals surface area contributed by atoms with Crippen molar-refractivity contribution in [3.63, 3.8) is 0 Å². The molecule has 0 N–H and O–H groups in total. The third-order valence-electron chi connectivity index (χ3n) is 1.88. The van der Waals surface area contributed by atoms with Gasteiger partial charge in [-0.1, -0.05) is 30.1 Å². The SMILES string of the molecule is CC(c1cc(Cl)cc(Cl)c1)C(F)(F)Cl. The standard InChI is InChI=1S/C9H7Cl3F2/c1-5(9(12,13)14)6-2-7(10)4-8(11)3-6/h2-5H,1H3. The number of hydrogen-bond acceptors (Lipinski definition) is 0. The highest BCUT2D eigenvalue weighted by atomic mass is 35.5. The second-order valence-corrected chi connectivity index (χ2v) is 4.34. The first-order valence-electron chi connectivity index (χ1n) is 3.83. The molecule has 1 aromatic carbocycles. The van der Waals surface area contributed by atoms with Gasteiger partial charge in [-0.05, 0) is 35.4 Å². The molecule has 5 heteroatoms. The minimum atomic E-state index is -3.30. The zero-order valence-electron chi connectivity index (χ0n) is 7.20. The van der Waals surface area contributed by atoms with Crippen LogP contribution in [0.5, 0.6) is 0 Å². The Morgan fingerprint density at radius 3 is 1.93 bits per heavy atom. The van der Waals surface area contributed by atoms with Crippen LogP contribution in [0.3, 0.4) is 0 Å². The molecule has 0 saturated carbocycles. The van der Waals surface area contributed by atoms with Crippen LogP contribution in [0.2, 0.25) is 10.0 Å². The van der Waals surface area contributed by atoms with Gasteiger partial charge < -0.3 is 0 Å². The Labute approximate surface area is 95.8 Å². The van der Waals surface area contributed by atoms with Crippen molar-refractivity contribution in [3.05, 3.63) is 33.8 Å². The zero-order chi connectivity index (χ0) is 10.9. The molecule has 0 nitrogen and oxygen atoms in total. The third-order valence-corrected chi connectivity index (χ3v) is 2.64. The Morgan fingerprint density at radius 1 is 1.14 bits per heavy atom. The van der Waals surface area contributed by atoms with E-state index in [4.69, 9.17) is 34.8 Å². The van der Waals surface area contributed by atoms with E-state index in [1.165, 1.54) is 25.1 Å². The van der Waals surface area contributed by atoms with E-state index in [0.29, 0.717) is 15.6 Å². The van der Waals surface area contributed by atoms with Crippen LogP contribution in [0.4, 0.5) is 8.78 Å². The first-order valence-corrected chi connectivity index (χ1v) is 4.97. The highest BCUT2D eigenvalue weighted by Crippen LogP contribution is 2.38. The molecule has 0 spiro atoms. The van der Waals surface area contributed by atoms with Gasteiger partial charge in [0.15, 0.2) is 0 Å². The van der Waals surface area contributed by atoms with Crippen LogP contribution in [-0.2, 0) is 0 Å². The molecule has 0 aliphatic rings. The maximum Gasteiger partial charge on any atom is 0.328 e. The summed E-state index contributed by atoms with van der Waals surface area (Å²) in [6, 6.07) is 4.33.